The van der Waals surface area contributed by atoms with Gasteiger partial charge in [-0.1, -0.05) is 18.6 Å². The second kappa shape index (κ2) is 9.17. The molecular formula is C21H31N3O2. The average Bonchev–Trinajstić information content (AvgIpc) is 3.05. The predicted molar refractivity (Wildman–Crippen MR) is 103 cm³/mol. The number of nitrogens with one attached hydrogen (secondary N) is 1. The fourth-order valence-electron chi connectivity index (χ4n) is 3.93. The molecule has 1 N–H and O–H groups in total. The van der Waals surface area contributed by atoms with Gasteiger partial charge >= 0.3 is 0 Å². The second-order valence-electron chi connectivity index (χ2n) is 7.61. The lowest BCUT2D eigenvalue weighted by Gasteiger charge is -2.33. The maximum absolute atomic E-state index is 12.3. The number of carbonyl (C=O) groups is 2. The van der Waals surface area contributed by atoms with Crippen molar-refractivity contribution in [3.05, 3.63) is 35.4 Å². The van der Waals surface area contributed by atoms with Crippen molar-refractivity contribution in [3.63, 3.8) is 0 Å². The molecule has 3 rings (SSSR count). The van der Waals surface area contributed by atoms with Crippen molar-refractivity contribution in [3.8, 4) is 0 Å². The maximum Gasteiger partial charge on any atom is 0.251 e. The molecule has 2 fully saturated rings. The summed E-state index contributed by atoms with van der Waals surface area (Å²) in [5, 5.41) is 3.02. The van der Waals surface area contributed by atoms with Gasteiger partial charge in [-0.25, -0.2) is 0 Å². The lowest BCUT2D eigenvalue weighted by Crippen LogP contribution is -2.39. The Bertz CT molecular complexity index is 614. The minimum absolute atomic E-state index is 0.0134. The molecule has 5 heteroatoms. The summed E-state index contributed by atoms with van der Waals surface area (Å²) < 4.78 is 0. The number of hydrogen-bond acceptors (Lipinski definition) is 3. The summed E-state index contributed by atoms with van der Waals surface area (Å²) in [6.07, 6.45) is 6.54. The smallest absolute Gasteiger partial charge is 0.251 e. The lowest BCUT2D eigenvalue weighted by molar-refractivity contribution is -0.128. The Morgan fingerprint density at radius 3 is 2.65 bits per heavy atom. The molecule has 0 bridgehead atoms. The van der Waals surface area contributed by atoms with E-state index in [9.17, 15) is 9.59 Å². The van der Waals surface area contributed by atoms with Gasteiger partial charge in [0.05, 0.1) is 0 Å². The van der Waals surface area contributed by atoms with Crippen LogP contribution in [0.3, 0.4) is 0 Å². The van der Waals surface area contributed by atoms with Gasteiger partial charge in [0.15, 0.2) is 0 Å². The highest BCUT2D eigenvalue weighted by molar-refractivity contribution is 5.94. The van der Waals surface area contributed by atoms with Gasteiger partial charge in [-0.15, -0.1) is 0 Å². The Labute approximate surface area is 156 Å². The number of nitrogens with zero attached hydrogens (tertiary/aromatic N) is 2. The second-order valence-corrected chi connectivity index (χ2v) is 7.61. The first-order valence-corrected chi connectivity index (χ1v) is 10.0. The summed E-state index contributed by atoms with van der Waals surface area (Å²) in [7, 11) is 0. The highest BCUT2D eigenvalue weighted by Crippen LogP contribution is 2.16. The van der Waals surface area contributed by atoms with Gasteiger partial charge in [0.25, 0.3) is 5.91 Å². The minimum Gasteiger partial charge on any atom is -0.352 e. The molecule has 2 aliphatic heterocycles. The van der Waals surface area contributed by atoms with E-state index in [1.807, 2.05) is 29.2 Å². The molecule has 2 amide bonds. The first-order chi connectivity index (χ1) is 12.6. The van der Waals surface area contributed by atoms with Crippen LogP contribution in [-0.2, 0) is 11.3 Å². The molecule has 1 aromatic rings. The summed E-state index contributed by atoms with van der Waals surface area (Å²) in [6.45, 7) is 6.76. The number of rotatable bonds is 7. The van der Waals surface area contributed by atoms with E-state index in [0.717, 1.165) is 31.5 Å². The minimum atomic E-state index is -0.0134. The normalized spacial score (nSPS) is 21.2. The monoisotopic (exact) mass is 357 g/mol. The lowest BCUT2D eigenvalue weighted by atomic mass is 10.0. The molecule has 1 atom stereocenters. The molecule has 0 radical (unpaired) electrons. The SMILES string of the molecule is C[C@H]1CCCCN1CCCNC(=O)c1ccc(CN2CCCC2=O)cc1. The van der Waals surface area contributed by atoms with Crippen molar-refractivity contribution in [1.82, 2.24) is 15.1 Å². The Balaban J connectivity index is 1.39. The number of amides is 2. The molecule has 1 aromatic carbocycles. The topological polar surface area (TPSA) is 52.7 Å². The van der Waals surface area contributed by atoms with Crippen LogP contribution in [0.15, 0.2) is 24.3 Å². The molecule has 2 saturated heterocycles. The molecule has 26 heavy (non-hydrogen) atoms. The van der Waals surface area contributed by atoms with E-state index in [4.69, 9.17) is 0 Å². The number of benzene rings is 1. The number of piperidine rings is 1. The molecule has 0 aliphatic carbocycles. The molecule has 0 unspecified atom stereocenters. The third-order valence-electron chi connectivity index (χ3n) is 5.61. The summed E-state index contributed by atoms with van der Waals surface area (Å²) in [6, 6.07) is 8.30. The summed E-state index contributed by atoms with van der Waals surface area (Å²) in [4.78, 5) is 28.4. The highest BCUT2D eigenvalue weighted by Gasteiger charge is 2.20. The third-order valence-corrected chi connectivity index (χ3v) is 5.61. The van der Waals surface area contributed by atoms with Gasteiger partial charge < -0.3 is 15.1 Å². The molecule has 0 spiro atoms. The Morgan fingerprint density at radius 2 is 1.96 bits per heavy atom. The van der Waals surface area contributed by atoms with Crippen LogP contribution in [0, 0.1) is 0 Å². The van der Waals surface area contributed by atoms with E-state index in [2.05, 4.69) is 17.1 Å². The van der Waals surface area contributed by atoms with E-state index in [1.165, 1.54) is 25.8 Å². The first-order valence-electron chi connectivity index (χ1n) is 10.0. The zero-order chi connectivity index (χ0) is 18.4. The van der Waals surface area contributed by atoms with Crippen molar-refractivity contribution in [1.29, 1.82) is 0 Å². The van der Waals surface area contributed by atoms with Gasteiger partial charge in [-0.3, -0.25) is 9.59 Å². The van der Waals surface area contributed by atoms with Gasteiger partial charge in [0.1, 0.15) is 0 Å². The van der Waals surface area contributed by atoms with Crippen LogP contribution in [0.4, 0.5) is 0 Å². The quantitative estimate of drug-likeness (QED) is 0.764. The fraction of sp³-hybridized carbons (Fsp3) is 0.619. The van der Waals surface area contributed by atoms with Gasteiger partial charge in [0.2, 0.25) is 5.91 Å². The van der Waals surface area contributed by atoms with Crippen LogP contribution in [0.25, 0.3) is 0 Å². The Hall–Kier alpha value is -1.88. The third kappa shape index (κ3) is 5.07. The van der Waals surface area contributed by atoms with E-state index >= 15 is 0 Å². The van der Waals surface area contributed by atoms with Crippen LogP contribution in [0.5, 0.6) is 0 Å². The van der Waals surface area contributed by atoms with Crippen LogP contribution in [0.1, 0.15) is 61.4 Å². The maximum atomic E-state index is 12.3. The molecule has 0 aromatic heterocycles. The largest absolute Gasteiger partial charge is 0.352 e. The van der Waals surface area contributed by atoms with E-state index in [0.29, 0.717) is 31.1 Å². The summed E-state index contributed by atoms with van der Waals surface area (Å²) in [5.74, 6) is 0.218. The van der Waals surface area contributed by atoms with E-state index in [-0.39, 0.29) is 11.8 Å². The van der Waals surface area contributed by atoms with Crippen LogP contribution in [0.2, 0.25) is 0 Å². The first kappa shape index (κ1) is 18.9. The van der Waals surface area contributed by atoms with Crippen molar-refractivity contribution in [2.45, 2.75) is 58.0 Å². The van der Waals surface area contributed by atoms with Crippen LogP contribution in [-0.4, -0.2) is 53.8 Å². The molecule has 2 aliphatic rings. The zero-order valence-corrected chi connectivity index (χ0v) is 15.9. The zero-order valence-electron chi connectivity index (χ0n) is 15.9. The number of carbonyl (C=O) groups excluding carboxylic acids is 2. The number of likely N-dealkylation sites (tertiary alicyclic amines) is 2. The van der Waals surface area contributed by atoms with Crippen molar-refractivity contribution < 1.29 is 9.59 Å². The van der Waals surface area contributed by atoms with Crippen LogP contribution >= 0.6 is 0 Å². The molecule has 5 nitrogen and oxygen atoms in total. The molecule has 2 heterocycles. The number of hydrogen-bond donors (Lipinski definition) is 1. The average molecular weight is 357 g/mol. The standard InChI is InChI=1S/C21H31N3O2/c1-17-6-2-3-13-23(17)15-5-12-22-21(26)19-10-8-18(9-11-19)16-24-14-4-7-20(24)25/h8-11,17H,2-7,12-16H2,1H3,(H,22,26)/t17-/m0/s1. The summed E-state index contributed by atoms with van der Waals surface area (Å²) >= 11 is 0. The van der Waals surface area contributed by atoms with Crippen molar-refractivity contribution in [2.75, 3.05) is 26.2 Å². The van der Waals surface area contributed by atoms with Crippen LogP contribution < -0.4 is 5.32 Å². The van der Waals surface area contributed by atoms with E-state index in [1.54, 1.807) is 0 Å². The van der Waals surface area contributed by atoms with Gasteiger partial charge in [-0.2, -0.15) is 0 Å². The summed E-state index contributed by atoms with van der Waals surface area (Å²) in [5.41, 5.74) is 1.77. The molecule has 0 saturated carbocycles. The van der Waals surface area contributed by atoms with Gasteiger partial charge in [-0.05, 0) is 56.8 Å². The molecule has 142 valence electrons. The predicted octanol–water partition coefficient (Wildman–Crippen LogP) is 2.80. The van der Waals surface area contributed by atoms with Crippen molar-refractivity contribution in [2.24, 2.45) is 0 Å². The molecular weight excluding hydrogens is 326 g/mol. The van der Waals surface area contributed by atoms with Gasteiger partial charge in [0, 0.05) is 44.2 Å². The highest BCUT2D eigenvalue weighted by atomic mass is 16.2. The Kier molecular flexibility index (Phi) is 6.67. The Morgan fingerprint density at radius 1 is 1.15 bits per heavy atom. The fourth-order valence-corrected chi connectivity index (χ4v) is 3.93. The van der Waals surface area contributed by atoms with Crippen molar-refractivity contribution >= 4 is 11.8 Å². The van der Waals surface area contributed by atoms with E-state index < -0.39 is 0 Å².